The maximum Gasteiger partial charge on any atom is 0.239 e. The van der Waals surface area contributed by atoms with Gasteiger partial charge in [0.15, 0.2) is 0 Å². The first-order valence-electron chi connectivity index (χ1n) is 7.88. The Bertz CT molecular complexity index is 719. The Labute approximate surface area is 142 Å². The van der Waals surface area contributed by atoms with Gasteiger partial charge in [0.25, 0.3) is 0 Å². The van der Waals surface area contributed by atoms with E-state index in [0.717, 1.165) is 22.5 Å². The lowest BCUT2D eigenvalue weighted by Gasteiger charge is -2.24. The summed E-state index contributed by atoms with van der Waals surface area (Å²) in [7, 11) is 0. The molecular weight excluding hydrogens is 302 g/mol. The number of hydrogen-bond donors (Lipinski definition) is 2. The van der Waals surface area contributed by atoms with Crippen molar-refractivity contribution in [3.8, 4) is 0 Å². The lowest BCUT2D eigenvalue weighted by molar-refractivity contribution is -0.138. The van der Waals surface area contributed by atoms with Crippen LogP contribution in [0.1, 0.15) is 30.7 Å². The molecule has 0 unspecified atom stereocenters. The zero-order chi connectivity index (χ0) is 17.7. The van der Waals surface area contributed by atoms with Gasteiger partial charge in [-0.3, -0.25) is 14.6 Å². The van der Waals surface area contributed by atoms with E-state index in [1.807, 2.05) is 50.2 Å². The molecule has 2 amide bonds. The second kappa shape index (κ2) is 7.25. The summed E-state index contributed by atoms with van der Waals surface area (Å²) in [5.74, 6) is -0.671. The van der Waals surface area contributed by atoms with Gasteiger partial charge in [0.1, 0.15) is 5.41 Å². The van der Waals surface area contributed by atoms with Crippen LogP contribution >= 0.6 is 0 Å². The molecule has 126 valence electrons. The average molecular weight is 325 g/mol. The number of aryl methyl sites for hydroxylation is 2. The monoisotopic (exact) mass is 325 g/mol. The lowest BCUT2D eigenvalue weighted by Crippen LogP contribution is -2.45. The Kier molecular flexibility index (Phi) is 5.34. The minimum absolute atomic E-state index is 0.291. The highest BCUT2D eigenvalue weighted by molar-refractivity contribution is 6.10. The van der Waals surface area contributed by atoms with Crippen molar-refractivity contribution in [3.63, 3.8) is 0 Å². The van der Waals surface area contributed by atoms with Crippen LogP contribution < -0.4 is 10.6 Å². The average Bonchev–Trinajstić information content (AvgIpc) is 2.56. The smallest absolute Gasteiger partial charge is 0.239 e. The quantitative estimate of drug-likeness (QED) is 0.830. The molecule has 2 aromatic rings. The molecule has 0 saturated heterocycles. The number of nitrogens with zero attached hydrogens (tertiary/aromatic N) is 1. The number of para-hydroxylation sites is 1. The van der Waals surface area contributed by atoms with E-state index in [0.29, 0.717) is 6.54 Å². The molecule has 0 atom stereocenters. The van der Waals surface area contributed by atoms with Gasteiger partial charge in [-0.15, -0.1) is 0 Å². The molecule has 0 spiro atoms. The Morgan fingerprint density at radius 1 is 1.00 bits per heavy atom. The predicted octanol–water partition coefficient (Wildman–Crippen LogP) is 2.98. The molecule has 0 radical (unpaired) electrons. The Hall–Kier alpha value is -2.69. The largest absolute Gasteiger partial charge is 0.350 e. The predicted molar refractivity (Wildman–Crippen MR) is 94.4 cm³/mol. The van der Waals surface area contributed by atoms with Crippen LogP contribution in [-0.4, -0.2) is 16.8 Å². The molecule has 0 fully saturated rings. The van der Waals surface area contributed by atoms with Crippen LogP contribution in [-0.2, 0) is 16.1 Å². The normalized spacial score (nSPS) is 11.0. The molecule has 24 heavy (non-hydrogen) atoms. The standard InChI is InChI=1S/C19H23N3O2/c1-13-8-7-9-14(2)16(13)22-18(24)19(3,4)17(23)21-12-15-10-5-6-11-20-15/h5-11H,12H2,1-4H3,(H,21,23)(H,22,24). The van der Waals surface area contributed by atoms with Crippen LogP contribution in [0.3, 0.4) is 0 Å². The molecular formula is C19H23N3O2. The molecule has 1 aromatic heterocycles. The zero-order valence-electron chi connectivity index (χ0n) is 14.5. The fourth-order valence-electron chi connectivity index (χ4n) is 2.28. The number of carbonyl (C=O) groups excluding carboxylic acids is 2. The number of pyridine rings is 1. The van der Waals surface area contributed by atoms with Crippen molar-refractivity contribution in [3.05, 3.63) is 59.4 Å². The van der Waals surface area contributed by atoms with Crippen molar-refractivity contribution in [2.24, 2.45) is 5.41 Å². The molecule has 2 N–H and O–H groups in total. The van der Waals surface area contributed by atoms with Crippen LogP contribution in [0.25, 0.3) is 0 Å². The highest BCUT2D eigenvalue weighted by atomic mass is 16.2. The van der Waals surface area contributed by atoms with E-state index in [1.165, 1.54) is 0 Å². The number of benzene rings is 1. The van der Waals surface area contributed by atoms with Crippen LogP contribution in [0.15, 0.2) is 42.6 Å². The number of amides is 2. The summed E-state index contributed by atoms with van der Waals surface area (Å²) >= 11 is 0. The molecule has 2 rings (SSSR count). The Morgan fingerprint density at radius 3 is 2.25 bits per heavy atom. The van der Waals surface area contributed by atoms with Crippen LogP contribution in [0.5, 0.6) is 0 Å². The first-order chi connectivity index (χ1) is 11.3. The van der Waals surface area contributed by atoms with Crippen LogP contribution in [0, 0.1) is 19.3 Å². The number of nitrogens with one attached hydrogen (secondary N) is 2. The summed E-state index contributed by atoms with van der Waals surface area (Å²) in [6.07, 6.45) is 1.67. The molecule has 5 heteroatoms. The van der Waals surface area contributed by atoms with Gasteiger partial charge in [-0.25, -0.2) is 0 Å². The van der Waals surface area contributed by atoms with E-state index >= 15 is 0 Å². The number of rotatable bonds is 5. The number of hydrogen-bond acceptors (Lipinski definition) is 3. The highest BCUT2D eigenvalue weighted by Gasteiger charge is 2.36. The van der Waals surface area contributed by atoms with Gasteiger partial charge in [-0.1, -0.05) is 24.3 Å². The molecule has 0 aliphatic rings. The van der Waals surface area contributed by atoms with Gasteiger partial charge in [0, 0.05) is 11.9 Å². The van der Waals surface area contributed by atoms with Crippen molar-refractivity contribution in [2.75, 3.05) is 5.32 Å². The summed E-state index contributed by atoms with van der Waals surface area (Å²) in [6, 6.07) is 11.3. The first-order valence-corrected chi connectivity index (χ1v) is 7.88. The molecule has 0 aliphatic heterocycles. The number of anilines is 1. The maximum atomic E-state index is 12.6. The van der Waals surface area contributed by atoms with E-state index in [2.05, 4.69) is 15.6 Å². The molecule has 0 saturated carbocycles. The second-order valence-corrected chi connectivity index (χ2v) is 6.35. The minimum atomic E-state index is -1.19. The van der Waals surface area contributed by atoms with Gasteiger partial charge in [-0.2, -0.15) is 0 Å². The molecule has 0 aliphatic carbocycles. The van der Waals surface area contributed by atoms with Crippen molar-refractivity contribution in [1.29, 1.82) is 0 Å². The molecule has 0 bridgehead atoms. The van der Waals surface area contributed by atoms with E-state index < -0.39 is 5.41 Å². The molecule has 5 nitrogen and oxygen atoms in total. The van der Waals surface area contributed by atoms with E-state index in [-0.39, 0.29) is 11.8 Å². The van der Waals surface area contributed by atoms with Crippen molar-refractivity contribution < 1.29 is 9.59 Å². The molecule has 1 heterocycles. The number of carbonyl (C=O) groups is 2. The van der Waals surface area contributed by atoms with Crippen LogP contribution in [0.2, 0.25) is 0 Å². The summed E-state index contributed by atoms with van der Waals surface area (Å²) in [5.41, 5.74) is 2.25. The van der Waals surface area contributed by atoms with Crippen molar-refractivity contribution in [2.45, 2.75) is 34.2 Å². The summed E-state index contributed by atoms with van der Waals surface area (Å²) < 4.78 is 0. The van der Waals surface area contributed by atoms with E-state index in [4.69, 9.17) is 0 Å². The fraction of sp³-hybridized carbons (Fsp3) is 0.316. The van der Waals surface area contributed by atoms with E-state index in [9.17, 15) is 9.59 Å². The summed E-state index contributed by atoms with van der Waals surface area (Å²) in [6.45, 7) is 7.38. The second-order valence-electron chi connectivity index (χ2n) is 6.35. The molecule has 1 aromatic carbocycles. The van der Waals surface area contributed by atoms with Crippen molar-refractivity contribution >= 4 is 17.5 Å². The number of aromatic nitrogens is 1. The third-order valence-electron chi connectivity index (χ3n) is 4.01. The maximum absolute atomic E-state index is 12.6. The van der Waals surface area contributed by atoms with Gasteiger partial charge < -0.3 is 10.6 Å². The summed E-state index contributed by atoms with van der Waals surface area (Å²) in [5, 5.41) is 5.66. The third kappa shape index (κ3) is 3.98. The van der Waals surface area contributed by atoms with E-state index in [1.54, 1.807) is 20.0 Å². The fourth-order valence-corrected chi connectivity index (χ4v) is 2.28. The Morgan fingerprint density at radius 2 is 1.67 bits per heavy atom. The lowest BCUT2D eigenvalue weighted by atomic mass is 9.90. The minimum Gasteiger partial charge on any atom is -0.350 e. The topological polar surface area (TPSA) is 71.1 Å². The Balaban J connectivity index is 2.05. The van der Waals surface area contributed by atoms with Gasteiger partial charge in [-0.05, 0) is 51.0 Å². The van der Waals surface area contributed by atoms with Gasteiger partial charge >= 0.3 is 0 Å². The van der Waals surface area contributed by atoms with Gasteiger partial charge in [0.05, 0.1) is 12.2 Å². The first kappa shape index (κ1) is 17.7. The highest BCUT2D eigenvalue weighted by Crippen LogP contribution is 2.24. The summed E-state index contributed by atoms with van der Waals surface area (Å²) in [4.78, 5) is 29.2. The van der Waals surface area contributed by atoms with Crippen LogP contribution in [0.4, 0.5) is 5.69 Å². The third-order valence-corrected chi connectivity index (χ3v) is 4.01. The van der Waals surface area contributed by atoms with Gasteiger partial charge in [0.2, 0.25) is 11.8 Å². The SMILES string of the molecule is Cc1cccc(C)c1NC(=O)C(C)(C)C(=O)NCc1ccccn1. The zero-order valence-corrected chi connectivity index (χ0v) is 14.5. The van der Waals surface area contributed by atoms with Crippen molar-refractivity contribution in [1.82, 2.24) is 10.3 Å².